The van der Waals surface area contributed by atoms with Gasteiger partial charge in [-0.1, -0.05) is 0 Å². The number of likely N-dealkylation sites (N-methyl/N-ethyl adjacent to an activating group) is 1. The van der Waals surface area contributed by atoms with Crippen molar-refractivity contribution in [3.63, 3.8) is 0 Å². The van der Waals surface area contributed by atoms with E-state index in [1.165, 1.54) is 4.88 Å². The van der Waals surface area contributed by atoms with Crippen LogP contribution in [0.25, 0.3) is 0 Å². The van der Waals surface area contributed by atoms with Crippen molar-refractivity contribution in [3.05, 3.63) is 40.1 Å². The molecule has 5 nitrogen and oxygen atoms in total. The van der Waals surface area contributed by atoms with Gasteiger partial charge in [-0.05, 0) is 46.0 Å². The van der Waals surface area contributed by atoms with Crippen LogP contribution >= 0.6 is 11.3 Å². The van der Waals surface area contributed by atoms with E-state index < -0.39 is 0 Å². The number of carbonyl (C=O) groups is 1. The van der Waals surface area contributed by atoms with Gasteiger partial charge in [-0.25, -0.2) is 4.98 Å². The summed E-state index contributed by atoms with van der Waals surface area (Å²) in [5.74, 6) is 1.63. The Balaban J connectivity index is 1.70. The number of likely N-dealkylation sites (tertiary alicyclic amines) is 1. The van der Waals surface area contributed by atoms with Gasteiger partial charge in [-0.3, -0.25) is 4.79 Å². The zero-order valence-electron chi connectivity index (χ0n) is 14.7. The minimum atomic E-state index is 0.171. The van der Waals surface area contributed by atoms with Crippen LogP contribution in [0.4, 0.5) is 0 Å². The van der Waals surface area contributed by atoms with Crippen LogP contribution in [0.5, 0.6) is 0 Å². The number of thiophene rings is 1. The van der Waals surface area contributed by atoms with Crippen LogP contribution < -0.4 is 0 Å². The standard InChI is InChI=1S/C18H26N4OS/c1-14-6-7-16(24-14)18(23)22-9-4-5-15(13-22)17-19-8-10-21(17)12-11-20(2)3/h6-8,10,15H,4-5,9,11-13H2,1-3H3. The third-order valence-electron chi connectivity index (χ3n) is 4.56. The molecular formula is C18H26N4OS. The Bertz CT molecular complexity index is 691. The molecule has 1 aliphatic heterocycles. The Morgan fingerprint density at radius 3 is 2.96 bits per heavy atom. The second-order valence-corrected chi connectivity index (χ2v) is 8.07. The summed E-state index contributed by atoms with van der Waals surface area (Å²) >= 11 is 1.59. The number of carbonyl (C=O) groups excluding carboxylic acids is 1. The minimum Gasteiger partial charge on any atom is -0.337 e. The van der Waals surface area contributed by atoms with E-state index in [1.807, 2.05) is 30.2 Å². The number of amides is 1. The van der Waals surface area contributed by atoms with Crippen molar-refractivity contribution in [2.75, 3.05) is 33.7 Å². The van der Waals surface area contributed by atoms with Gasteiger partial charge in [-0.2, -0.15) is 0 Å². The average molecular weight is 347 g/mol. The van der Waals surface area contributed by atoms with Gasteiger partial charge >= 0.3 is 0 Å². The highest BCUT2D eigenvalue weighted by Crippen LogP contribution is 2.28. The summed E-state index contributed by atoms with van der Waals surface area (Å²) in [7, 11) is 4.17. The summed E-state index contributed by atoms with van der Waals surface area (Å²) in [5.41, 5.74) is 0. The fourth-order valence-electron chi connectivity index (χ4n) is 3.26. The molecule has 24 heavy (non-hydrogen) atoms. The molecule has 1 fully saturated rings. The van der Waals surface area contributed by atoms with Crippen molar-refractivity contribution in [2.24, 2.45) is 0 Å². The first-order valence-corrected chi connectivity index (χ1v) is 9.37. The molecule has 1 atom stereocenters. The summed E-state index contributed by atoms with van der Waals surface area (Å²) in [5, 5.41) is 0. The van der Waals surface area contributed by atoms with Crippen LogP contribution in [0.1, 0.15) is 39.1 Å². The molecule has 3 heterocycles. The Hall–Kier alpha value is -1.66. The number of hydrogen-bond donors (Lipinski definition) is 0. The second kappa shape index (κ2) is 7.49. The molecule has 1 saturated heterocycles. The first-order chi connectivity index (χ1) is 11.5. The summed E-state index contributed by atoms with van der Waals surface area (Å²) < 4.78 is 2.24. The number of aryl methyl sites for hydroxylation is 1. The van der Waals surface area contributed by atoms with Gasteiger partial charge in [0, 0.05) is 49.4 Å². The van der Waals surface area contributed by atoms with E-state index in [-0.39, 0.29) is 5.91 Å². The molecule has 3 rings (SSSR count). The molecule has 1 aliphatic rings. The van der Waals surface area contributed by atoms with E-state index in [0.29, 0.717) is 5.92 Å². The lowest BCUT2D eigenvalue weighted by atomic mass is 9.97. The van der Waals surface area contributed by atoms with Crippen molar-refractivity contribution >= 4 is 17.2 Å². The number of nitrogens with zero attached hydrogens (tertiary/aromatic N) is 4. The molecule has 0 bridgehead atoms. The highest BCUT2D eigenvalue weighted by atomic mass is 32.1. The van der Waals surface area contributed by atoms with E-state index in [4.69, 9.17) is 0 Å². The molecule has 1 unspecified atom stereocenters. The van der Waals surface area contributed by atoms with E-state index >= 15 is 0 Å². The average Bonchev–Trinajstić information content (AvgIpc) is 3.21. The molecule has 0 saturated carbocycles. The molecular weight excluding hydrogens is 320 g/mol. The molecule has 2 aromatic rings. The lowest BCUT2D eigenvalue weighted by molar-refractivity contribution is 0.0708. The van der Waals surface area contributed by atoms with Gasteiger partial charge in [0.25, 0.3) is 5.91 Å². The molecule has 0 radical (unpaired) electrons. The summed E-state index contributed by atoms with van der Waals surface area (Å²) in [4.78, 5) is 23.5. The van der Waals surface area contributed by atoms with Gasteiger partial charge in [-0.15, -0.1) is 11.3 Å². The highest BCUT2D eigenvalue weighted by Gasteiger charge is 2.28. The van der Waals surface area contributed by atoms with Gasteiger partial charge in [0.15, 0.2) is 0 Å². The zero-order chi connectivity index (χ0) is 17.1. The predicted molar refractivity (Wildman–Crippen MR) is 97.7 cm³/mol. The van der Waals surface area contributed by atoms with E-state index in [2.05, 4.69) is 34.7 Å². The molecule has 0 aliphatic carbocycles. The quantitative estimate of drug-likeness (QED) is 0.836. The summed E-state index contributed by atoms with van der Waals surface area (Å²) in [6, 6.07) is 3.97. The van der Waals surface area contributed by atoms with E-state index in [1.54, 1.807) is 11.3 Å². The number of rotatable bonds is 5. The smallest absolute Gasteiger partial charge is 0.263 e. The number of aromatic nitrogens is 2. The maximum absolute atomic E-state index is 12.7. The first kappa shape index (κ1) is 17.2. The lowest BCUT2D eigenvalue weighted by Gasteiger charge is -2.32. The van der Waals surface area contributed by atoms with Crippen molar-refractivity contribution < 1.29 is 4.79 Å². The lowest BCUT2D eigenvalue weighted by Crippen LogP contribution is -2.39. The molecule has 130 valence electrons. The van der Waals surface area contributed by atoms with Crippen molar-refractivity contribution in [1.29, 1.82) is 0 Å². The van der Waals surface area contributed by atoms with Gasteiger partial charge < -0.3 is 14.4 Å². The minimum absolute atomic E-state index is 0.171. The maximum Gasteiger partial charge on any atom is 0.263 e. The maximum atomic E-state index is 12.7. The normalized spacial score (nSPS) is 18.3. The molecule has 1 amide bonds. The Kier molecular flexibility index (Phi) is 5.36. The van der Waals surface area contributed by atoms with Crippen molar-refractivity contribution in [2.45, 2.75) is 32.2 Å². The Labute approximate surface area is 147 Å². The zero-order valence-corrected chi connectivity index (χ0v) is 15.6. The SMILES string of the molecule is Cc1ccc(C(=O)N2CCCC(c3nccn3CCN(C)C)C2)s1. The summed E-state index contributed by atoms with van der Waals surface area (Å²) in [6.45, 7) is 5.60. The molecule has 0 N–H and O–H groups in total. The summed E-state index contributed by atoms with van der Waals surface area (Å²) in [6.07, 6.45) is 6.09. The van der Waals surface area contributed by atoms with Crippen molar-refractivity contribution in [3.8, 4) is 0 Å². The molecule has 0 spiro atoms. The first-order valence-electron chi connectivity index (χ1n) is 8.56. The van der Waals surface area contributed by atoms with E-state index in [9.17, 15) is 4.79 Å². The largest absolute Gasteiger partial charge is 0.337 e. The van der Waals surface area contributed by atoms with Crippen LogP contribution in [0.2, 0.25) is 0 Å². The third kappa shape index (κ3) is 3.87. The van der Waals surface area contributed by atoms with Gasteiger partial charge in [0.1, 0.15) is 5.82 Å². The fraction of sp³-hybridized carbons (Fsp3) is 0.556. The molecule has 2 aromatic heterocycles. The third-order valence-corrected chi connectivity index (χ3v) is 5.55. The van der Waals surface area contributed by atoms with Gasteiger partial charge in [0.05, 0.1) is 4.88 Å². The monoisotopic (exact) mass is 346 g/mol. The van der Waals surface area contributed by atoms with Crippen LogP contribution in [-0.2, 0) is 6.54 Å². The topological polar surface area (TPSA) is 41.4 Å². The van der Waals surface area contributed by atoms with E-state index in [0.717, 1.165) is 49.7 Å². The van der Waals surface area contributed by atoms with Crippen LogP contribution in [-0.4, -0.2) is 59.0 Å². The second-order valence-electron chi connectivity index (χ2n) is 6.78. The van der Waals surface area contributed by atoms with Crippen LogP contribution in [0.3, 0.4) is 0 Å². The number of hydrogen-bond acceptors (Lipinski definition) is 4. The van der Waals surface area contributed by atoms with Gasteiger partial charge in [0.2, 0.25) is 0 Å². The number of piperidine rings is 1. The van der Waals surface area contributed by atoms with Crippen LogP contribution in [0, 0.1) is 6.92 Å². The molecule has 0 aromatic carbocycles. The Morgan fingerprint density at radius 2 is 2.25 bits per heavy atom. The van der Waals surface area contributed by atoms with Crippen LogP contribution in [0.15, 0.2) is 24.5 Å². The fourth-order valence-corrected chi connectivity index (χ4v) is 4.09. The highest BCUT2D eigenvalue weighted by molar-refractivity contribution is 7.13. The number of imidazole rings is 1. The van der Waals surface area contributed by atoms with Crippen molar-refractivity contribution in [1.82, 2.24) is 19.4 Å². The predicted octanol–water partition coefficient (Wildman–Crippen LogP) is 2.83. The molecule has 6 heteroatoms. The Morgan fingerprint density at radius 1 is 1.42 bits per heavy atom.